The predicted molar refractivity (Wildman–Crippen MR) is 89.8 cm³/mol. The number of ether oxygens (including phenoxy) is 2. The quantitative estimate of drug-likeness (QED) is 0.597. The molecule has 3 rings (SSSR count). The average Bonchev–Trinajstić information content (AvgIpc) is 3.43. The molecule has 2 N–H and O–H groups in total. The molecule has 8 heteroatoms. The minimum atomic E-state index is -0.585. The number of aliphatic hydroxyl groups excluding tert-OH is 1. The number of morpholine rings is 2. The van der Waals surface area contributed by atoms with Crippen LogP contribution in [0.1, 0.15) is 25.7 Å². The lowest BCUT2D eigenvalue weighted by atomic mass is 9.94. The topological polar surface area (TPSA) is 95.8 Å². The van der Waals surface area contributed by atoms with Crippen molar-refractivity contribution >= 4 is 5.91 Å². The first-order valence-corrected chi connectivity index (χ1v) is 8.80. The zero-order chi connectivity index (χ0) is 17.8. The van der Waals surface area contributed by atoms with Crippen LogP contribution in [0.15, 0.2) is 10.2 Å². The van der Waals surface area contributed by atoms with E-state index in [1.165, 1.54) is 0 Å². The number of hydrogen-bond donors (Lipinski definition) is 2. The minimum Gasteiger partial charge on any atom is -0.394 e. The Labute approximate surface area is 147 Å². The van der Waals surface area contributed by atoms with Gasteiger partial charge in [-0.05, 0) is 0 Å². The Morgan fingerprint density at radius 1 is 1.36 bits per heavy atom. The van der Waals surface area contributed by atoms with Gasteiger partial charge in [0.2, 0.25) is 5.91 Å². The van der Waals surface area contributed by atoms with Crippen LogP contribution < -0.4 is 5.32 Å². The first-order valence-electron chi connectivity index (χ1n) is 8.80. The summed E-state index contributed by atoms with van der Waals surface area (Å²) in [5.74, 6) is 2.51. The van der Waals surface area contributed by atoms with Crippen LogP contribution in [0.2, 0.25) is 0 Å². The Morgan fingerprint density at radius 2 is 2.16 bits per heavy atom. The summed E-state index contributed by atoms with van der Waals surface area (Å²) in [6, 6.07) is 0.127. The van der Waals surface area contributed by atoms with Crippen molar-refractivity contribution in [3.63, 3.8) is 0 Å². The third-order valence-corrected chi connectivity index (χ3v) is 5.23. The van der Waals surface area contributed by atoms with Gasteiger partial charge < -0.3 is 19.9 Å². The fourth-order valence-electron chi connectivity index (χ4n) is 3.56. The minimum absolute atomic E-state index is 0.0689. The Morgan fingerprint density at radius 3 is 2.88 bits per heavy atom. The molecule has 2 saturated heterocycles. The number of hydrogen-bond acceptors (Lipinski definition) is 7. The first-order chi connectivity index (χ1) is 12.1. The van der Waals surface area contributed by atoms with E-state index in [0.29, 0.717) is 58.7 Å². The maximum Gasteiger partial charge on any atom is 0.220 e. The molecular formula is C17H26N4O4. The second-order valence-corrected chi connectivity index (χ2v) is 6.98. The Hall–Kier alpha value is -1.53. The van der Waals surface area contributed by atoms with Gasteiger partial charge in [0.25, 0.3) is 0 Å². The predicted octanol–water partition coefficient (Wildman–Crippen LogP) is -0.0796. The third-order valence-electron chi connectivity index (χ3n) is 5.23. The molecule has 0 bridgehead atoms. The normalized spacial score (nSPS) is 30.3. The number of carbonyl (C=O) groups excluding carboxylic acids is 1. The molecule has 2 unspecified atom stereocenters. The Bertz CT molecular complexity index is 553. The Balaban J connectivity index is 1.49. The van der Waals surface area contributed by atoms with E-state index in [2.05, 4.69) is 26.4 Å². The SMILES string of the molecule is C#CCCC1(CCC(=O)NCC2(CO)COCC3COCCN32)N=N1. The average molecular weight is 350 g/mol. The smallest absolute Gasteiger partial charge is 0.220 e. The number of amides is 1. The lowest BCUT2D eigenvalue weighted by Crippen LogP contribution is -2.70. The number of nitrogens with zero attached hydrogens (tertiary/aromatic N) is 3. The van der Waals surface area contributed by atoms with Gasteiger partial charge in [-0.3, -0.25) is 9.69 Å². The van der Waals surface area contributed by atoms with Gasteiger partial charge in [0, 0.05) is 38.8 Å². The van der Waals surface area contributed by atoms with Crippen LogP contribution in [-0.4, -0.2) is 79.3 Å². The molecule has 0 aromatic carbocycles. The molecule has 25 heavy (non-hydrogen) atoms. The molecule has 138 valence electrons. The van der Waals surface area contributed by atoms with Crippen molar-refractivity contribution in [3.8, 4) is 12.3 Å². The van der Waals surface area contributed by atoms with Gasteiger partial charge in [0.05, 0.1) is 44.6 Å². The van der Waals surface area contributed by atoms with Gasteiger partial charge >= 0.3 is 0 Å². The van der Waals surface area contributed by atoms with Crippen LogP contribution >= 0.6 is 0 Å². The molecule has 0 aromatic rings. The standard InChI is InChI=1S/C17H26N4O4/c1-2-3-5-17(19-20-17)6-4-15(23)18-11-16(12-22)13-25-10-14-9-24-8-7-21(14)16/h1,14,22H,3-13H2,(H,18,23). The molecule has 0 spiro atoms. The molecule has 0 saturated carbocycles. The number of carbonyl (C=O) groups is 1. The highest BCUT2D eigenvalue weighted by Crippen LogP contribution is 2.37. The monoisotopic (exact) mass is 350 g/mol. The van der Waals surface area contributed by atoms with Crippen molar-refractivity contribution in [1.29, 1.82) is 0 Å². The van der Waals surface area contributed by atoms with Gasteiger partial charge in [-0.1, -0.05) is 0 Å². The molecule has 1 amide bonds. The summed E-state index contributed by atoms with van der Waals surface area (Å²) >= 11 is 0. The van der Waals surface area contributed by atoms with Gasteiger partial charge in [-0.15, -0.1) is 12.3 Å². The maximum atomic E-state index is 12.3. The van der Waals surface area contributed by atoms with Crippen LogP contribution in [0.4, 0.5) is 0 Å². The molecule has 0 aromatic heterocycles. The summed E-state index contributed by atoms with van der Waals surface area (Å²) < 4.78 is 11.2. The van der Waals surface area contributed by atoms with Crippen molar-refractivity contribution in [2.45, 2.75) is 42.9 Å². The lowest BCUT2D eigenvalue weighted by molar-refractivity contribution is -0.166. The van der Waals surface area contributed by atoms with E-state index in [1.807, 2.05) is 0 Å². The summed E-state index contributed by atoms with van der Waals surface area (Å²) in [6.07, 6.45) is 7.49. The van der Waals surface area contributed by atoms with E-state index in [4.69, 9.17) is 15.9 Å². The van der Waals surface area contributed by atoms with Crippen molar-refractivity contribution < 1.29 is 19.4 Å². The fraction of sp³-hybridized carbons (Fsp3) is 0.824. The summed E-state index contributed by atoms with van der Waals surface area (Å²) in [7, 11) is 0. The van der Waals surface area contributed by atoms with E-state index in [1.54, 1.807) is 0 Å². The van der Waals surface area contributed by atoms with Crippen molar-refractivity contribution in [3.05, 3.63) is 0 Å². The lowest BCUT2D eigenvalue weighted by Gasteiger charge is -2.51. The van der Waals surface area contributed by atoms with Gasteiger partial charge in [-0.25, -0.2) is 0 Å². The second kappa shape index (κ2) is 7.79. The van der Waals surface area contributed by atoms with Crippen molar-refractivity contribution in [2.24, 2.45) is 10.2 Å². The number of aliphatic hydroxyl groups is 1. The van der Waals surface area contributed by atoms with Gasteiger partial charge in [0.15, 0.2) is 5.66 Å². The number of terminal acetylenes is 1. The van der Waals surface area contributed by atoms with Crippen molar-refractivity contribution in [1.82, 2.24) is 10.2 Å². The van der Waals surface area contributed by atoms with Crippen molar-refractivity contribution in [2.75, 3.05) is 46.1 Å². The molecule has 3 aliphatic rings. The highest BCUT2D eigenvalue weighted by molar-refractivity contribution is 5.76. The molecule has 0 radical (unpaired) electrons. The van der Waals surface area contributed by atoms with Gasteiger partial charge in [-0.2, -0.15) is 10.2 Å². The van der Waals surface area contributed by atoms with Gasteiger partial charge in [0.1, 0.15) is 0 Å². The first kappa shape index (κ1) is 18.3. The third kappa shape index (κ3) is 4.18. The summed E-state index contributed by atoms with van der Waals surface area (Å²) in [5.41, 5.74) is -1.03. The number of fused-ring (bicyclic) bond motifs is 1. The Kier molecular flexibility index (Phi) is 5.69. The maximum absolute atomic E-state index is 12.3. The zero-order valence-electron chi connectivity index (χ0n) is 14.4. The van der Waals surface area contributed by atoms with Crippen LogP contribution in [0.3, 0.4) is 0 Å². The fourth-order valence-corrected chi connectivity index (χ4v) is 3.56. The molecule has 3 heterocycles. The van der Waals surface area contributed by atoms with E-state index < -0.39 is 11.2 Å². The van der Waals surface area contributed by atoms with E-state index in [9.17, 15) is 9.90 Å². The largest absolute Gasteiger partial charge is 0.394 e. The number of nitrogens with one attached hydrogen (secondary N) is 1. The number of rotatable bonds is 8. The summed E-state index contributed by atoms with van der Waals surface area (Å²) in [6.45, 7) is 3.24. The van der Waals surface area contributed by atoms with Crippen LogP contribution in [0.25, 0.3) is 0 Å². The molecule has 2 fully saturated rings. The van der Waals surface area contributed by atoms with E-state index >= 15 is 0 Å². The molecule has 2 atom stereocenters. The second-order valence-electron chi connectivity index (χ2n) is 6.98. The molecule has 8 nitrogen and oxygen atoms in total. The van der Waals surface area contributed by atoms with Crippen LogP contribution in [-0.2, 0) is 14.3 Å². The highest BCUT2D eigenvalue weighted by atomic mass is 16.5. The van der Waals surface area contributed by atoms with E-state index in [-0.39, 0.29) is 18.6 Å². The van der Waals surface area contributed by atoms with E-state index in [0.717, 1.165) is 6.54 Å². The zero-order valence-corrected chi connectivity index (χ0v) is 14.4. The molecular weight excluding hydrogens is 324 g/mol. The highest BCUT2D eigenvalue weighted by Gasteiger charge is 2.45. The summed E-state index contributed by atoms with van der Waals surface area (Å²) in [5, 5.41) is 21.0. The summed E-state index contributed by atoms with van der Waals surface area (Å²) in [4.78, 5) is 14.5. The molecule has 3 aliphatic heterocycles. The molecule has 0 aliphatic carbocycles. The van der Waals surface area contributed by atoms with Crippen LogP contribution in [0.5, 0.6) is 0 Å². The van der Waals surface area contributed by atoms with Crippen LogP contribution in [0, 0.1) is 12.3 Å².